The third-order valence-corrected chi connectivity index (χ3v) is 4.38. The van der Waals surface area contributed by atoms with Gasteiger partial charge in [0.2, 0.25) is 0 Å². The lowest BCUT2D eigenvalue weighted by atomic mass is 9.97. The van der Waals surface area contributed by atoms with Crippen molar-refractivity contribution in [3.05, 3.63) is 29.3 Å². The average Bonchev–Trinajstić information content (AvgIpc) is 2.60. The maximum Gasteiger partial charge on any atom is 0.307 e. The van der Waals surface area contributed by atoms with Crippen molar-refractivity contribution in [3.8, 4) is 11.5 Å². The number of hydrogen-bond donors (Lipinski definition) is 1. The monoisotopic (exact) mass is 333 g/mol. The molecule has 1 fully saturated rings. The van der Waals surface area contributed by atoms with E-state index in [2.05, 4.69) is 11.0 Å². The number of nitrogens with zero attached hydrogens (tertiary/aromatic N) is 1. The van der Waals surface area contributed by atoms with E-state index in [1.165, 1.54) is 5.57 Å². The van der Waals surface area contributed by atoms with Gasteiger partial charge in [0.15, 0.2) is 6.79 Å². The molecule has 2 aliphatic heterocycles. The van der Waals surface area contributed by atoms with Gasteiger partial charge < -0.3 is 19.3 Å². The van der Waals surface area contributed by atoms with Crippen LogP contribution in [0.4, 0.5) is 0 Å². The number of carbonyl (C=O) groups is 1. The third-order valence-electron chi connectivity index (χ3n) is 4.38. The quantitative estimate of drug-likeness (QED) is 0.805. The van der Waals surface area contributed by atoms with Gasteiger partial charge in [0.1, 0.15) is 18.1 Å². The zero-order valence-electron chi connectivity index (χ0n) is 13.9. The Morgan fingerprint density at radius 3 is 3.12 bits per heavy atom. The maximum absolute atomic E-state index is 11.2. The molecule has 1 aromatic rings. The summed E-state index contributed by atoms with van der Waals surface area (Å²) in [4.78, 5) is 13.4. The minimum atomic E-state index is -0.692. The molecule has 1 saturated heterocycles. The van der Waals surface area contributed by atoms with E-state index in [4.69, 9.17) is 14.2 Å². The van der Waals surface area contributed by atoms with Crippen molar-refractivity contribution in [2.24, 2.45) is 5.92 Å². The highest BCUT2D eigenvalue weighted by molar-refractivity contribution is 5.70. The van der Waals surface area contributed by atoms with Gasteiger partial charge in [-0.1, -0.05) is 0 Å². The summed E-state index contributed by atoms with van der Waals surface area (Å²) in [6, 6.07) is 5.72. The molecule has 0 aromatic heterocycles. The molecule has 1 aromatic carbocycles. The number of aliphatic carboxylic acids is 1. The van der Waals surface area contributed by atoms with Crippen molar-refractivity contribution in [2.75, 3.05) is 40.1 Å². The van der Waals surface area contributed by atoms with Crippen molar-refractivity contribution in [2.45, 2.75) is 12.8 Å². The maximum atomic E-state index is 11.2. The molecule has 1 N–H and O–H groups in total. The van der Waals surface area contributed by atoms with Gasteiger partial charge in [-0.2, -0.15) is 0 Å². The number of piperidine rings is 1. The zero-order valence-corrected chi connectivity index (χ0v) is 13.9. The Bertz CT molecular complexity index is 628. The van der Waals surface area contributed by atoms with E-state index < -0.39 is 5.97 Å². The molecule has 0 radical (unpaired) electrons. The Morgan fingerprint density at radius 1 is 1.46 bits per heavy atom. The number of likely N-dealkylation sites (tertiary alicyclic amines) is 1. The van der Waals surface area contributed by atoms with Gasteiger partial charge in [0.05, 0.1) is 5.92 Å². The first kappa shape index (κ1) is 16.8. The molecule has 0 amide bonds. The van der Waals surface area contributed by atoms with Crippen molar-refractivity contribution < 1.29 is 24.1 Å². The number of carboxylic acids is 1. The highest BCUT2D eigenvalue weighted by atomic mass is 16.7. The number of fused-ring (bicyclic) bond motifs is 1. The van der Waals surface area contributed by atoms with Crippen molar-refractivity contribution >= 4 is 12.0 Å². The second-order valence-electron chi connectivity index (χ2n) is 6.25. The first-order valence-electron chi connectivity index (χ1n) is 8.19. The van der Waals surface area contributed by atoms with Crippen molar-refractivity contribution in [1.82, 2.24) is 4.90 Å². The van der Waals surface area contributed by atoms with Crippen molar-refractivity contribution in [1.29, 1.82) is 0 Å². The summed E-state index contributed by atoms with van der Waals surface area (Å²) < 4.78 is 16.2. The number of hydrogen-bond acceptors (Lipinski definition) is 5. The van der Waals surface area contributed by atoms with Gasteiger partial charge in [-0.25, -0.2) is 0 Å². The highest BCUT2D eigenvalue weighted by Crippen LogP contribution is 2.31. The van der Waals surface area contributed by atoms with Crippen molar-refractivity contribution in [3.63, 3.8) is 0 Å². The van der Waals surface area contributed by atoms with Gasteiger partial charge in [-0.05, 0) is 43.2 Å². The van der Waals surface area contributed by atoms with Crippen LogP contribution in [-0.2, 0) is 9.53 Å². The first-order valence-corrected chi connectivity index (χ1v) is 8.19. The van der Waals surface area contributed by atoms with Crippen LogP contribution in [0.2, 0.25) is 0 Å². The summed E-state index contributed by atoms with van der Waals surface area (Å²) in [5.74, 6) is 0.571. The molecule has 2 aliphatic rings. The van der Waals surface area contributed by atoms with Gasteiger partial charge in [0, 0.05) is 31.8 Å². The summed E-state index contributed by atoms with van der Waals surface area (Å²) in [5.41, 5.74) is 2.19. The minimum absolute atomic E-state index is 0.208. The molecule has 24 heavy (non-hydrogen) atoms. The van der Waals surface area contributed by atoms with Crippen LogP contribution in [0.5, 0.6) is 11.5 Å². The second kappa shape index (κ2) is 7.68. The number of benzene rings is 1. The lowest BCUT2D eigenvalue weighted by Crippen LogP contribution is -2.40. The van der Waals surface area contributed by atoms with Gasteiger partial charge in [-0.15, -0.1) is 0 Å². The molecule has 3 rings (SSSR count). The topological polar surface area (TPSA) is 68.2 Å². The molecule has 0 aliphatic carbocycles. The molecule has 130 valence electrons. The van der Waals surface area contributed by atoms with Crippen LogP contribution < -0.4 is 9.47 Å². The predicted molar refractivity (Wildman–Crippen MR) is 89.2 cm³/mol. The van der Waals surface area contributed by atoms with Gasteiger partial charge in [0.25, 0.3) is 0 Å². The number of ether oxygens (including phenoxy) is 3. The van der Waals surface area contributed by atoms with E-state index in [0.717, 1.165) is 37.2 Å². The number of methoxy groups -OCH3 is 1. The van der Waals surface area contributed by atoms with E-state index in [0.29, 0.717) is 18.9 Å². The van der Waals surface area contributed by atoms with E-state index >= 15 is 0 Å². The van der Waals surface area contributed by atoms with E-state index in [1.54, 1.807) is 7.11 Å². The summed E-state index contributed by atoms with van der Waals surface area (Å²) >= 11 is 0. The van der Waals surface area contributed by atoms with Crippen LogP contribution in [-0.4, -0.2) is 56.1 Å². The van der Waals surface area contributed by atoms with E-state index in [1.807, 2.05) is 18.2 Å². The molecule has 0 unspecified atom stereocenters. The molecule has 0 spiro atoms. The molecule has 2 heterocycles. The summed E-state index contributed by atoms with van der Waals surface area (Å²) in [5, 5.41) is 9.19. The van der Waals surface area contributed by atoms with Crippen LogP contribution in [0, 0.1) is 5.92 Å². The fraction of sp³-hybridized carbons (Fsp3) is 0.500. The summed E-state index contributed by atoms with van der Waals surface area (Å²) in [7, 11) is 1.58. The SMILES string of the molecule is COCOc1ccc2c(c1)OCC(CN1CCC[C@@H](C(=O)O)C1)=C2. The average molecular weight is 333 g/mol. The number of rotatable bonds is 6. The zero-order chi connectivity index (χ0) is 16.9. The fourth-order valence-electron chi connectivity index (χ4n) is 3.19. The number of carboxylic acid groups (broad SMARTS) is 1. The normalized spacial score (nSPS) is 20.7. The standard InChI is InChI=1S/C18H23NO5/c1-22-12-24-16-5-4-14-7-13(11-23-17(14)8-16)9-19-6-2-3-15(10-19)18(20)21/h4-5,7-8,15H,2-3,6,9-12H2,1H3,(H,20,21)/t15-/m1/s1. The fourth-order valence-corrected chi connectivity index (χ4v) is 3.19. The third kappa shape index (κ3) is 4.07. The lowest BCUT2D eigenvalue weighted by molar-refractivity contribution is -0.143. The summed E-state index contributed by atoms with van der Waals surface area (Å²) in [6.45, 7) is 3.04. The first-order chi connectivity index (χ1) is 11.7. The van der Waals surface area contributed by atoms with E-state index in [9.17, 15) is 9.90 Å². The van der Waals surface area contributed by atoms with Crippen LogP contribution in [0.25, 0.3) is 6.08 Å². The Kier molecular flexibility index (Phi) is 5.37. The van der Waals surface area contributed by atoms with E-state index in [-0.39, 0.29) is 12.7 Å². The summed E-state index contributed by atoms with van der Waals surface area (Å²) in [6.07, 6.45) is 3.83. The van der Waals surface area contributed by atoms with Crippen LogP contribution in [0.15, 0.2) is 23.8 Å². The highest BCUT2D eigenvalue weighted by Gasteiger charge is 2.26. The van der Waals surface area contributed by atoms with Crippen LogP contribution in [0.1, 0.15) is 18.4 Å². The second-order valence-corrected chi connectivity index (χ2v) is 6.25. The Morgan fingerprint density at radius 2 is 2.33 bits per heavy atom. The molecule has 6 heteroatoms. The lowest BCUT2D eigenvalue weighted by Gasteiger charge is -2.32. The smallest absolute Gasteiger partial charge is 0.307 e. The Hall–Kier alpha value is -2.05. The Balaban J connectivity index is 1.64. The van der Waals surface area contributed by atoms with Crippen LogP contribution in [0.3, 0.4) is 0 Å². The molecule has 6 nitrogen and oxygen atoms in total. The Labute approximate surface area is 141 Å². The molecular weight excluding hydrogens is 310 g/mol. The minimum Gasteiger partial charge on any atom is -0.488 e. The van der Waals surface area contributed by atoms with Gasteiger partial charge in [-0.3, -0.25) is 9.69 Å². The molecule has 1 atom stereocenters. The largest absolute Gasteiger partial charge is 0.488 e. The molecule has 0 bridgehead atoms. The van der Waals surface area contributed by atoms with Gasteiger partial charge >= 0.3 is 5.97 Å². The molecule has 0 saturated carbocycles. The van der Waals surface area contributed by atoms with Crippen LogP contribution >= 0.6 is 0 Å². The predicted octanol–water partition coefficient (Wildman–Crippen LogP) is 2.24. The molecular formula is C18H23NO5.